The molecule has 0 bridgehead atoms. The molecule has 36 heavy (non-hydrogen) atoms. The van der Waals surface area contributed by atoms with Crippen LogP contribution in [0, 0.1) is 6.92 Å². The normalized spacial score (nSPS) is 18.1. The van der Waals surface area contributed by atoms with Gasteiger partial charge in [-0.05, 0) is 50.9 Å². The number of nitrogen functional groups attached to an aromatic ring is 2. The summed E-state index contributed by atoms with van der Waals surface area (Å²) in [5, 5.41) is 4.06. The molecule has 2 aliphatic rings. The number of alkyl halides is 4. The zero-order chi connectivity index (χ0) is 25.6. The Morgan fingerprint density at radius 3 is 2.58 bits per heavy atom. The van der Waals surface area contributed by atoms with Crippen molar-refractivity contribution in [1.82, 2.24) is 34.0 Å². The molecule has 0 unspecified atom stereocenters. The van der Waals surface area contributed by atoms with Crippen LogP contribution >= 0.6 is 0 Å². The number of anilines is 2. The monoisotopic (exact) mass is 505 g/mol. The van der Waals surface area contributed by atoms with Crippen molar-refractivity contribution in [2.45, 2.75) is 57.5 Å². The average Bonchev–Trinajstić information content (AvgIpc) is 3.50. The van der Waals surface area contributed by atoms with Crippen LogP contribution in [0.1, 0.15) is 31.5 Å². The molecule has 4 N–H and O–H groups in total. The van der Waals surface area contributed by atoms with Crippen LogP contribution in [0.2, 0.25) is 0 Å². The first kappa shape index (κ1) is 24.2. The van der Waals surface area contributed by atoms with Crippen molar-refractivity contribution in [3.05, 3.63) is 30.2 Å². The maximum Gasteiger partial charge on any atom is 0.260 e. The fourth-order valence-corrected chi connectivity index (χ4v) is 4.65. The Balaban J connectivity index is 0.000000202. The molecule has 6 rings (SSSR count). The molecular formula is C23H27F4N9. The lowest BCUT2D eigenvalue weighted by atomic mass is 10.1. The zero-order valence-electron chi connectivity index (χ0n) is 19.7. The topological polar surface area (TPSA) is 116 Å². The molecule has 192 valence electrons. The van der Waals surface area contributed by atoms with Gasteiger partial charge < -0.3 is 16.0 Å². The van der Waals surface area contributed by atoms with Crippen molar-refractivity contribution in [2.75, 3.05) is 24.6 Å². The van der Waals surface area contributed by atoms with Gasteiger partial charge >= 0.3 is 0 Å². The third-order valence-corrected chi connectivity index (χ3v) is 6.42. The van der Waals surface area contributed by atoms with E-state index in [0.29, 0.717) is 46.2 Å². The quantitative estimate of drug-likeness (QED) is 0.406. The second kappa shape index (κ2) is 9.19. The lowest BCUT2D eigenvalue weighted by Crippen LogP contribution is -2.43. The van der Waals surface area contributed by atoms with Crippen LogP contribution < -0.4 is 11.5 Å². The molecule has 9 nitrogen and oxygen atoms in total. The number of aromatic nitrogens is 6. The van der Waals surface area contributed by atoms with Gasteiger partial charge in [0, 0.05) is 24.2 Å². The van der Waals surface area contributed by atoms with E-state index >= 15 is 0 Å². The van der Waals surface area contributed by atoms with Crippen LogP contribution in [0.25, 0.3) is 27.9 Å². The van der Waals surface area contributed by atoms with Gasteiger partial charge in [-0.15, -0.1) is 5.10 Å². The number of halogens is 4. The van der Waals surface area contributed by atoms with Crippen molar-refractivity contribution < 1.29 is 17.6 Å². The summed E-state index contributed by atoms with van der Waals surface area (Å²) in [6.07, 6.45) is 2.22. The van der Waals surface area contributed by atoms with E-state index in [1.807, 2.05) is 4.90 Å². The van der Waals surface area contributed by atoms with Crippen molar-refractivity contribution in [3.8, 4) is 11.3 Å². The van der Waals surface area contributed by atoms with E-state index in [-0.39, 0.29) is 24.7 Å². The molecule has 1 aliphatic carbocycles. The smallest absolute Gasteiger partial charge is 0.260 e. The van der Waals surface area contributed by atoms with Crippen LogP contribution in [-0.2, 0) is 6.54 Å². The van der Waals surface area contributed by atoms with E-state index in [1.165, 1.54) is 9.08 Å². The average molecular weight is 506 g/mol. The van der Waals surface area contributed by atoms with Crippen LogP contribution in [-0.4, -0.2) is 65.5 Å². The number of aryl methyl sites for hydroxylation is 1. The molecule has 4 aromatic rings. The van der Waals surface area contributed by atoms with Gasteiger partial charge in [-0.3, -0.25) is 4.90 Å². The minimum absolute atomic E-state index is 0.0116. The summed E-state index contributed by atoms with van der Waals surface area (Å²) in [6, 6.07) is 5.77. The molecule has 1 saturated carbocycles. The van der Waals surface area contributed by atoms with E-state index in [1.54, 1.807) is 31.3 Å². The predicted octanol–water partition coefficient (Wildman–Crippen LogP) is 3.76. The van der Waals surface area contributed by atoms with Crippen molar-refractivity contribution >= 4 is 28.4 Å². The summed E-state index contributed by atoms with van der Waals surface area (Å²) in [7, 11) is 0. The number of piperidine rings is 1. The van der Waals surface area contributed by atoms with Gasteiger partial charge in [0.2, 0.25) is 5.95 Å². The van der Waals surface area contributed by atoms with Gasteiger partial charge in [0.15, 0.2) is 11.5 Å². The van der Waals surface area contributed by atoms with Gasteiger partial charge in [0.1, 0.15) is 16.9 Å². The van der Waals surface area contributed by atoms with E-state index in [0.717, 1.165) is 19.4 Å². The lowest BCUT2D eigenvalue weighted by Gasteiger charge is -2.32. The highest BCUT2D eigenvalue weighted by Crippen LogP contribution is 2.34. The third-order valence-electron chi connectivity index (χ3n) is 6.42. The van der Waals surface area contributed by atoms with E-state index < -0.39 is 18.9 Å². The van der Waals surface area contributed by atoms with Gasteiger partial charge in [-0.1, -0.05) is 0 Å². The number of imidazole rings is 1. The van der Waals surface area contributed by atoms with Crippen LogP contribution in [0.5, 0.6) is 0 Å². The number of rotatable bonds is 4. The Morgan fingerprint density at radius 2 is 1.89 bits per heavy atom. The summed E-state index contributed by atoms with van der Waals surface area (Å²) in [5.41, 5.74) is 14.3. The molecule has 0 aromatic carbocycles. The van der Waals surface area contributed by atoms with Crippen molar-refractivity contribution in [2.24, 2.45) is 0 Å². The highest BCUT2D eigenvalue weighted by molar-refractivity contribution is 5.88. The first-order valence-electron chi connectivity index (χ1n) is 11.8. The summed E-state index contributed by atoms with van der Waals surface area (Å²) in [4.78, 5) is 14.7. The number of fused-ring (bicyclic) bond motifs is 2. The van der Waals surface area contributed by atoms with E-state index in [4.69, 9.17) is 11.5 Å². The van der Waals surface area contributed by atoms with Gasteiger partial charge in [0.05, 0.1) is 18.8 Å². The molecule has 0 radical (unpaired) electrons. The first-order chi connectivity index (χ1) is 17.1. The Hall–Kier alpha value is -3.48. The second-order valence-corrected chi connectivity index (χ2v) is 9.24. The fourth-order valence-electron chi connectivity index (χ4n) is 4.65. The molecule has 1 aliphatic heterocycles. The Kier molecular flexibility index (Phi) is 6.18. The molecule has 1 saturated heterocycles. The van der Waals surface area contributed by atoms with Crippen LogP contribution in [0.15, 0.2) is 24.4 Å². The van der Waals surface area contributed by atoms with Crippen molar-refractivity contribution in [1.29, 1.82) is 0 Å². The molecule has 13 heteroatoms. The SMILES string of the molecule is Cc1nc2ccc(-c3ccn4nc(N)nc(N)c34)nc2n1CC(F)F.FC1(F)CCCN(C2CC2)C1. The van der Waals surface area contributed by atoms with Crippen LogP contribution in [0.4, 0.5) is 29.3 Å². The minimum Gasteiger partial charge on any atom is -0.382 e. The maximum absolute atomic E-state index is 12.9. The van der Waals surface area contributed by atoms with Gasteiger partial charge in [-0.25, -0.2) is 32.0 Å². The summed E-state index contributed by atoms with van der Waals surface area (Å²) >= 11 is 0. The van der Waals surface area contributed by atoms with Gasteiger partial charge in [0.25, 0.3) is 12.3 Å². The molecule has 0 amide bonds. The standard InChI is InChI=1S/C15H14F2N8.C8H13F2N/c1-7-20-10-3-2-9(21-14(10)24(7)6-11(16)17)8-4-5-25-12(8)13(18)22-15(19)23-25;9-8(10)4-1-5-11(6-8)7-2-3-7/h2-5,11H,6H2,1H3,(H4,18,19,22,23);7H,1-6H2. The van der Waals surface area contributed by atoms with Crippen molar-refractivity contribution in [3.63, 3.8) is 0 Å². The van der Waals surface area contributed by atoms with Gasteiger partial charge in [-0.2, -0.15) is 4.98 Å². The second-order valence-electron chi connectivity index (χ2n) is 9.24. The third kappa shape index (κ3) is 4.92. The lowest BCUT2D eigenvalue weighted by molar-refractivity contribution is -0.0661. The maximum atomic E-state index is 12.9. The summed E-state index contributed by atoms with van der Waals surface area (Å²) in [6.45, 7) is 2.11. The number of hydrogen-bond donors (Lipinski definition) is 2. The van der Waals surface area contributed by atoms with E-state index in [2.05, 4.69) is 20.1 Å². The fraction of sp³-hybridized carbons (Fsp3) is 0.478. The minimum atomic E-state index is -2.50. The first-order valence-corrected chi connectivity index (χ1v) is 11.8. The number of nitrogens with zero attached hydrogens (tertiary/aromatic N) is 7. The zero-order valence-corrected chi connectivity index (χ0v) is 19.7. The number of nitrogens with two attached hydrogens (primary N) is 2. The number of hydrogen-bond acceptors (Lipinski definition) is 7. The Bertz CT molecular complexity index is 1390. The molecule has 0 spiro atoms. The Morgan fingerprint density at radius 1 is 1.11 bits per heavy atom. The number of likely N-dealkylation sites (tertiary alicyclic amines) is 1. The van der Waals surface area contributed by atoms with E-state index in [9.17, 15) is 17.6 Å². The Labute approximate surface area is 204 Å². The molecule has 4 aromatic heterocycles. The molecule has 5 heterocycles. The predicted molar refractivity (Wildman–Crippen MR) is 128 cm³/mol. The highest BCUT2D eigenvalue weighted by atomic mass is 19.3. The summed E-state index contributed by atoms with van der Waals surface area (Å²) < 4.78 is 54.2. The largest absolute Gasteiger partial charge is 0.382 e. The highest BCUT2D eigenvalue weighted by Gasteiger charge is 2.40. The molecule has 0 atom stereocenters. The van der Waals surface area contributed by atoms with Crippen LogP contribution in [0.3, 0.4) is 0 Å². The molecular weight excluding hydrogens is 478 g/mol. The molecule has 2 fully saturated rings. The number of pyridine rings is 1. The summed E-state index contributed by atoms with van der Waals surface area (Å²) in [5.74, 6) is -1.65.